The van der Waals surface area contributed by atoms with Crippen LogP contribution in [0.2, 0.25) is 0 Å². The molecule has 0 fully saturated rings. The molecule has 0 aliphatic heterocycles. The summed E-state index contributed by atoms with van der Waals surface area (Å²) in [5, 5.41) is 2.86. The maximum Gasteiger partial charge on any atom is 0.154 e. The molecule has 0 amide bonds. The van der Waals surface area contributed by atoms with Crippen molar-refractivity contribution in [3.8, 4) is 0 Å². The molecule has 3 nitrogen and oxygen atoms in total. The molecule has 0 aromatic rings. The van der Waals surface area contributed by atoms with Crippen LogP contribution in [0.4, 0.5) is 0 Å². The molecule has 92 valence electrons. The highest BCUT2D eigenvalue weighted by atomic mass is 32.2. The summed E-state index contributed by atoms with van der Waals surface area (Å²) in [6.07, 6.45) is 0.755. The Hall–Kier alpha value is -0.0900. The van der Waals surface area contributed by atoms with Crippen LogP contribution in [0.15, 0.2) is 0 Å². The average Bonchev–Trinajstić information content (AvgIpc) is 2.14. The normalized spacial score (nSPS) is 16.7. The fourth-order valence-corrected chi connectivity index (χ4v) is 3.27. The zero-order valence-corrected chi connectivity index (χ0v) is 11.4. The van der Waals surface area contributed by atoms with E-state index >= 15 is 0 Å². The second kappa shape index (κ2) is 6.48. The van der Waals surface area contributed by atoms with E-state index in [4.69, 9.17) is 0 Å². The smallest absolute Gasteiger partial charge is 0.154 e. The largest absolute Gasteiger partial charge is 0.313 e. The van der Waals surface area contributed by atoms with Gasteiger partial charge in [0.05, 0.1) is 11.0 Å². The summed E-state index contributed by atoms with van der Waals surface area (Å²) >= 11 is 0. The zero-order valence-electron chi connectivity index (χ0n) is 10.6. The predicted molar refractivity (Wildman–Crippen MR) is 65.8 cm³/mol. The molecule has 0 saturated carbocycles. The molecule has 0 radical (unpaired) electrons. The van der Waals surface area contributed by atoms with Crippen molar-refractivity contribution in [2.24, 2.45) is 5.92 Å². The van der Waals surface area contributed by atoms with Crippen LogP contribution in [-0.4, -0.2) is 32.0 Å². The molecule has 0 aromatic carbocycles. The van der Waals surface area contributed by atoms with E-state index in [1.165, 1.54) is 0 Å². The van der Waals surface area contributed by atoms with Crippen LogP contribution in [0.25, 0.3) is 0 Å². The van der Waals surface area contributed by atoms with E-state index in [0.717, 1.165) is 13.0 Å². The molecule has 0 aromatic heterocycles. The molecular weight excluding hydrogens is 210 g/mol. The van der Waals surface area contributed by atoms with Crippen LogP contribution in [-0.2, 0) is 9.84 Å². The van der Waals surface area contributed by atoms with E-state index in [1.54, 1.807) is 6.92 Å². The molecule has 0 saturated heterocycles. The highest BCUT2D eigenvalue weighted by molar-refractivity contribution is 7.92. The first-order valence-corrected chi connectivity index (χ1v) is 7.47. The second-order valence-electron chi connectivity index (χ2n) is 4.60. The van der Waals surface area contributed by atoms with Crippen molar-refractivity contribution in [2.75, 3.05) is 12.3 Å². The molecule has 1 N–H and O–H groups in total. The minimum atomic E-state index is -2.94. The standard InChI is InChI=1S/C11H25NO2S/c1-6-12-10(4)11(5)15(13,14)8-7-9(2)3/h9-12H,6-8H2,1-5H3. The van der Waals surface area contributed by atoms with Gasteiger partial charge in [0.15, 0.2) is 9.84 Å². The summed E-state index contributed by atoms with van der Waals surface area (Å²) < 4.78 is 23.8. The Balaban J connectivity index is 4.32. The monoisotopic (exact) mass is 235 g/mol. The minimum Gasteiger partial charge on any atom is -0.313 e. The summed E-state index contributed by atoms with van der Waals surface area (Å²) in [5.41, 5.74) is 0. The minimum absolute atomic E-state index is 0.0344. The average molecular weight is 235 g/mol. The molecule has 0 rings (SSSR count). The molecule has 4 heteroatoms. The highest BCUT2D eigenvalue weighted by Crippen LogP contribution is 2.11. The predicted octanol–water partition coefficient (Wildman–Crippen LogP) is 1.83. The maximum absolute atomic E-state index is 11.9. The van der Waals surface area contributed by atoms with Crippen LogP contribution >= 0.6 is 0 Å². The summed E-state index contributed by atoms with van der Waals surface area (Å²) in [6, 6.07) is 0.0344. The molecule has 0 spiro atoms. The lowest BCUT2D eigenvalue weighted by Crippen LogP contribution is -2.41. The SMILES string of the molecule is CCNC(C)C(C)S(=O)(=O)CCC(C)C. The number of sulfone groups is 1. The molecule has 0 aliphatic carbocycles. The van der Waals surface area contributed by atoms with E-state index in [9.17, 15) is 8.42 Å². The van der Waals surface area contributed by atoms with Crippen molar-refractivity contribution in [2.45, 2.75) is 52.3 Å². The highest BCUT2D eigenvalue weighted by Gasteiger charge is 2.25. The van der Waals surface area contributed by atoms with Gasteiger partial charge in [-0.15, -0.1) is 0 Å². The maximum atomic E-state index is 11.9. The van der Waals surface area contributed by atoms with Gasteiger partial charge in [-0.25, -0.2) is 8.42 Å². The summed E-state index contributed by atoms with van der Waals surface area (Å²) in [4.78, 5) is 0. The third-order valence-corrected chi connectivity index (χ3v) is 5.12. The lowest BCUT2D eigenvalue weighted by molar-refractivity contribution is 0.514. The van der Waals surface area contributed by atoms with Gasteiger partial charge in [0.1, 0.15) is 0 Å². The molecule has 15 heavy (non-hydrogen) atoms. The quantitative estimate of drug-likeness (QED) is 0.732. The first kappa shape index (κ1) is 14.9. The van der Waals surface area contributed by atoms with Crippen molar-refractivity contribution in [1.29, 1.82) is 0 Å². The van der Waals surface area contributed by atoms with Gasteiger partial charge >= 0.3 is 0 Å². The van der Waals surface area contributed by atoms with Gasteiger partial charge < -0.3 is 5.32 Å². The third-order valence-electron chi connectivity index (χ3n) is 2.78. The molecular formula is C11H25NO2S. The fourth-order valence-electron chi connectivity index (χ4n) is 1.38. The Kier molecular flexibility index (Phi) is 6.44. The Bertz CT molecular complexity index is 260. The second-order valence-corrected chi connectivity index (χ2v) is 7.08. The Labute approximate surface area is 94.6 Å². The zero-order chi connectivity index (χ0) is 12.1. The van der Waals surface area contributed by atoms with Gasteiger partial charge in [0, 0.05) is 6.04 Å². The van der Waals surface area contributed by atoms with Crippen LogP contribution in [0.3, 0.4) is 0 Å². The van der Waals surface area contributed by atoms with Crippen molar-refractivity contribution >= 4 is 9.84 Å². The first-order chi connectivity index (χ1) is 6.81. The number of nitrogens with one attached hydrogen (secondary N) is 1. The summed E-state index contributed by atoms with van der Waals surface area (Å²) in [5.74, 6) is 0.753. The van der Waals surface area contributed by atoms with Crippen molar-refractivity contribution in [1.82, 2.24) is 5.32 Å². The van der Waals surface area contributed by atoms with Gasteiger partial charge in [0.2, 0.25) is 0 Å². The third kappa shape index (κ3) is 5.52. The Morgan fingerprint density at radius 1 is 1.13 bits per heavy atom. The van der Waals surface area contributed by atoms with Gasteiger partial charge in [-0.2, -0.15) is 0 Å². The molecule has 0 aliphatic rings. The molecule has 0 bridgehead atoms. The van der Waals surface area contributed by atoms with E-state index in [-0.39, 0.29) is 11.3 Å². The van der Waals surface area contributed by atoms with Gasteiger partial charge in [-0.05, 0) is 32.7 Å². The summed E-state index contributed by atoms with van der Waals surface area (Å²) in [6.45, 7) is 10.6. The van der Waals surface area contributed by atoms with Crippen molar-refractivity contribution in [3.05, 3.63) is 0 Å². The van der Waals surface area contributed by atoms with Crippen LogP contribution in [0.5, 0.6) is 0 Å². The fraction of sp³-hybridized carbons (Fsp3) is 1.00. The van der Waals surface area contributed by atoms with E-state index < -0.39 is 9.84 Å². The molecule has 2 unspecified atom stereocenters. The van der Waals surface area contributed by atoms with Crippen molar-refractivity contribution < 1.29 is 8.42 Å². The van der Waals surface area contributed by atoms with Crippen LogP contribution in [0, 0.1) is 5.92 Å². The topological polar surface area (TPSA) is 46.2 Å². The van der Waals surface area contributed by atoms with E-state index in [2.05, 4.69) is 5.32 Å². The molecule has 0 heterocycles. The lowest BCUT2D eigenvalue weighted by Gasteiger charge is -2.21. The Morgan fingerprint density at radius 2 is 1.67 bits per heavy atom. The lowest BCUT2D eigenvalue weighted by atomic mass is 10.2. The Morgan fingerprint density at radius 3 is 2.07 bits per heavy atom. The number of hydrogen-bond acceptors (Lipinski definition) is 3. The summed E-state index contributed by atoms with van der Waals surface area (Å²) in [7, 11) is -2.94. The van der Waals surface area contributed by atoms with Crippen LogP contribution in [0.1, 0.15) is 41.0 Å². The number of rotatable bonds is 7. The first-order valence-electron chi connectivity index (χ1n) is 5.76. The van der Waals surface area contributed by atoms with E-state index in [0.29, 0.717) is 11.7 Å². The molecule has 2 atom stereocenters. The number of hydrogen-bond donors (Lipinski definition) is 1. The van der Waals surface area contributed by atoms with Crippen molar-refractivity contribution in [3.63, 3.8) is 0 Å². The van der Waals surface area contributed by atoms with Gasteiger partial charge in [0.25, 0.3) is 0 Å². The van der Waals surface area contributed by atoms with Crippen LogP contribution < -0.4 is 5.32 Å². The van der Waals surface area contributed by atoms with E-state index in [1.807, 2.05) is 27.7 Å². The van der Waals surface area contributed by atoms with Gasteiger partial charge in [-0.3, -0.25) is 0 Å². The van der Waals surface area contributed by atoms with Gasteiger partial charge in [-0.1, -0.05) is 20.8 Å².